The summed E-state index contributed by atoms with van der Waals surface area (Å²) in [5.74, 6) is 1.98. The van der Waals surface area contributed by atoms with Crippen LogP contribution in [0.4, 0.5) is 0 Å². The molecule has 6 rings (SSSR count). The van der Waals surface area contributed by atoms with E-state index in [-0.39, 0.29) is 5.41 Å². The van der Waals surface area contributed by atoms with Gasteiger partial charge in [-0.2, -0.15) is 0 Å². The number of benzene rings is 2. The third-order valence-corrected chi connectivity index (χ3v) is 8.86. The van der Waals surface area contributed by atoms with E-state index in [2.05, 4.69) is 35.0 Å². The maximum atomic E-state index is 11.0. The zero-order valence-electron chi connectivity index (χ0n) is 17.9. The van der Waals surface area contributed by atoms with Crippen LogP contribution in [0.3, 0.4) is 0 Å². The fraction of sp³-hybridized carbons (Fsp3) is 0.444. The minimum atomic E-state index is -0.944. The summed E-state index contributed by atoms with van der Waals surface area (Å²) in [6.07, 6.45) is 11.5. The Labute approximate surface area is 192 Å². The number of carboxylic acid groups (broad SMARTS) is 1. The molecule has 0 atom stereocenters. The van der Waals surface area contributed by atoms with Gasteiger partial charge in [0, 0.05) is 16.1 Å². The molecule has 0 radical (unpaired) electrons. The monoisotopic (exact) mass is 480 g/mol. The number of phenolic OH excluding ortho intramolecular Hbond substituents is 1. The van der Waals surface area contributed by atoms with Crippen molar-refractivity contribution < 1.29 is 15.0 Å². The summed E-state index contributed by atoms with van der Waals surface area (Å²) in [5, 5.41) is 19.9. The maximum Gasteiger partial charge on any atom is 0.328 e. The van der Waals surface area contributed by atoms with Crippen molar-refractivity contribution in [1.29, 1.82) is 0 Å². The van der Waals surface area contributed by atoms with Crippen molar-refractivity contribution >= 4 is 28.0 Å². The fourth-order valence-electron chi connectivity index (χ4n) is 7.10. The number of aromatic hydroxyl groups is 1. The molecule has 0 aliphatic heterocycles. The van der Waals surface area contributed by atoms with E-state index < -0.39 is 5.97 Å². The smallest absolute Gasteiger partial charge is 0.328 e. The van der Waals surface area contributed by atoms with Crippen LogP contribution in [0.2, 0.25) is 0 Å². The number of rotatable bonds is 5. The van der Waals surface area contributed by atoms with Crippen molar-refractivity contribution in [2.24, 2.45) is 17.8 Å². The molecule has 2 N–H and O–H groups in total. The Morgan fingerprint density at radius 3 is 2.32 bits per heavy atom. The number of carbonyl (C=O) groups is 1. The molecule has 2 aromatic rings. The first kappa shape index (κ1) is 20.8. The van der Waals surface area contributed by atoms with Gasteiger partial charge >= 0.3 is 5.97 Å². The number of phenols is 1. The summed E-state index contributed by atoms with van der Waals surface area (Å²) in [6.45, 7) is 2.08. The van der Waals surface area contributed by atoms with E-state index in [1.807, 2.05) is 18.2 Å². The van der Waals surface area contributed by atoms with E-state index in [9.17, 15) is 9.90 Å². The Bertz CT molecular complexity index is 1030. The Morgan fingerprint density at radius 2 is 1.74 bits per heavy atom. The van der Waals surface area contributed by atoms with Crippen molar-refractivity contribution in [1.82, 2.24) is 0 Å². The molecule has 4 bridgehead atoms. The predicted octanol–water partition coefficient (Wildman–Crippen LogP) is 6.95. The van der Waals surface area contributed by atoms with E-state index in [0.29, 0.717) is 5.75 Å². The topological polar surface area (TPSA) is 57.5 Å². The molecule has 4 saturated carbocycles. The van der Waals surface area contributed by atoms with Gasteiger partial charge in [0.15, 0.2) is 0 Å². The first-order valence-corrected chi connectivity index (χ1v) is 12.2. The van der Waals surface area contributed by atoms with Gasteiger partial charge in [0.1, 0.15) is 5.75 Å². The van der Waals surface area contributed by atoms with Crippen molar-refractivity contribution in [2.75, 3.05) is 0 Å². The summed E-state index contributed by atoms with van der Waals surface area (Å²) in [7, 11) is 0. The van der Waals surface area contributed by atoms with Gasteiger partial charge in [0.25, 0.3) is 0 Å². The second-order valence-corrected chi connectivity index (χ2v) is 10.7. The van der Waals surface area contributed by atoms with Crippen LogP contribution in [0.15, 0.2) is 40.9 Å². The average Bonchev–Trinajstić information content (AvgIpc) is 2.71. The van der Waals surface area contributed by atoms with Gasteiger partial charge in [-0.15, -0.1) is 0 Å². The number of hydrogen-bond acceptors (Lipinski definition) is 2. The Hall–Kier alpha value is -2.07. The van der Waals surface area contributed by atoms with Crippen LogP contribution in [0.25, 0.3) is 17.2 Å². The molecule has 0 saturated heterocycles. The van der Waals surface area contributed by atoms with Crippen molar-refractivity contribution in [2.45, 2.75) is 57.3 Å². The molecule has 0 heterocycles. The molecule has 4 heteroatoms. The zero-order chi connectivity index (χ0) is 21.8. The van der Waals surface area contributed by atoms with Gasteiger partial charge < -0.3 is 10.2 Å². The lowest BCUT2D eigenvalue weighted by Gasteiger charge is -2.57. The highest BCUT2D eigenvalue weighted by atomic mass is 79.9. The van der Waals surface area contributed by atoms with Crippen LogP contribution in [0.1, 0.15) is 62.1 Å². The molecule has 4 aliphatic carbocycles. The molecule has 0 amide bonds. The number of carboxylic acids is 1. The van der Waals surface area contributed by atoms with Crippen LogP contribution in [-0.2, 0) is 16.6 Å². The minimum absolute atomic E-state index is 0.138. The largest absolute Gasteiger partial charge is 0.508 e. The summed E-state index contributed by atoms with van der Waals surface area (Å²) < 4.78 is 1.00. The van der Waals surface area contributed by atoms with Crippen LogP contribution in [0, 0.1) is 17.8 Å². The molecule has 162 valence electrons. The fourth-order valence-corrected chi connectivity index (χ4v) is 7.97. The molecular weight excluding hydrogens is 452 g/mol. The van der Waals surface area contributed by atoms with E-state index in [4.69, 9.17) is 5.11 Å². The highest BCUT2D eigenvalue weighted by Crippen LogP contribution is 2.62. The normalized spacial score (nSPS) is 29.0. The summed E-state index contributed by atoms with van der Waals surface area (Å²) in [5.41, 5.74) is 5.50. The van der Waals surface area contributed by atoms with Gasteiger partial charge in [0.2, 0.25) is 0 Å². The highest BCUT2D eigenvalue weighted by Gasteiger charge is 2.52. The zero-order valence-corrected chi connectivity index (χ0v) is 19.5. The molecule has 0 aromatic heterocycles. The van der Waals surface area contributed by atoms with Gasteiger partial charge in [-0.1, -0.05) is 25.1 Å². The molecule has 0 unspecified atom stereocenters. The van der Waals surface area contributed by atoms with E-state index in [1.54, 1.807) is 6.08 Å². The third kappa shape index (κ3) is 3.63. The van der Waals surface area contributed by atoms with Gasteiger partial charge in [-0.3, -0.25) is 0 Å². The lowest BCUT2D eigenvalue weighted by Crippen LogP contribution is -2.48. The first-order valence-electron chi connectivity index (χ1n) is 11.4. The predicted molar refractivity (Wildman–Crippen MR) is 127 cm³/mol. The highest BCUT2D eigenvalue weighted by molar-refractivity contribution is 9.10. The third-order valence-electron chi connectivity index (χ3n) is 7.96. The number of hydrogen-bond donors (Lipinski definition) is 2. The van der Waals surface area contributed by atoms with Gasteiger partial charge in [-0.25, -0.2) is 4.79 Å². The van der Waals surface area contributed by atoms with Crippen molar-refractivity contribution in [3.63, 3.8) is 0 Å². The average molecular weight is 481 g/mol. The minimum Gasteiger partial charge on any atom is -0.508 e. The number of halogens is 1. The van der Waals surface area contributed by atoms with Crippen LogP contribution >= 0.6 is 15.9 Å². The van der Waals surface area contributed by atoms with Crippen LogP contribution in [-0.4, -0.2) is 16.2 Å². The molecular formula is C27H29BrO3. The quantitative estimate of drug-likeness (QED) is 0.455. The Kier molecular flexibility index (Phi) is 5.24. The second-order valence-electron chi connectivity index (χ2n) is 9.95. The van der Waals surface area contributed by atoms with Gasteiger partial charge in [-0.05, 0) is 125 Å². The summed E-state index contributed by atoms with van der Waals surface area (Å²) in [6, 6.07) is 10.2. The second kappa shape index (κ2) is 7.81. The SMILES string of the molecule is CCc1c(C=CC(=O)O)ccc(-c2ccc(O)c(C34CC5CC(CC(C5)C3)C4)c2)c1Br. The van der Waals surface area contributed by atoms with Crippen molar-refractivity contribution in [3.05, 3.63) is 57.6 Å². The Balaban J connectivity index is 1.56. The van der Waals surface area contributed by atoms with Crippen LogP contribution < -0.4 is 0 Å². The molecule has 3 nitrogen and oxygen atoms in total. The molecule has 4 aliphatic rings. The van der Waals surface area contributed by atoms with E-state index in [1.165, 1.54) is 44.6 Å². The molecule has 2 aromatic carbocycles. The summed E-state index contributed by atoms with van der Waals surface area (Å²) in [4.78, 5) is 11.0. The lowest BCUT2D eigenvalue weighted by molar-refractivity contribution is -0.131. The van der Waals surface area contributed by atoms with Crippen LogP contribution in [0.5, 0.6) is 5.75 Å². The molecule has 0 spiro atoms. The first-order chi connectivity index (χ1) is 14.9. The molecule has 31 heavy (non-hydrogen) atoms. The Morgan fingerprint density at radius 1 is 1.10 bits per heavy atom. The van der Waals surface area contributed by atoms with Crippen molar-refractivity contribution in [3.8, 4) is 16.9 Å². The number of aliphatic carboxylic acids is 1. The maximum absolute atomic E-state index is 11.0. The van der Waals surface area contributed by atoms with E-state index in [0.717, 1.165) is 56.5 Å². The van der Waals surface area contributed by atoms with Gasteiger partial charge in [0.05, 0.1) is 0 Å². The summed E-state index contributed by atoms with van der Waals surface area (Å²) >= 11 is 3.80. The molecule has 4 fully saturated rings. The van der Waals surface area contributed by atoms with E-state index >= 15 is 0 Å². The lowest BCUT2D eigenvalue weighted by atomic mass is 9.48. The standard InChI is InChI=1S/C27H29BrO3/c1-2-21-19(5-8-25(30)31)3-6-22(26(21)28)20-4-7-24(29)23(12-20)27-13-16-9-17(14-27)11-18(10-16)15-27/h3-8,12,16-18,29H,2,9-11,13-15H2,1H3,(H,30,31).